The Bertz CT molecular complexity index is 1780. The van der Waals surface area contributed by atoms with Gasteiger partial charge < -0.3 is 24.0 Å². The average Bonchev–Trinajstić information content (AvgIpc) is 3.32. The normalized spacial score (nSPS) is 16.1. The second-order valence-corrected chi connectivity index (χ2v) is 9.74. The minimum Gasteiger partial charge on any atom is -0.496 e. The lowest BCUT2D eigenvalue weighted by Gasteiger charge is -2.35. The summed E-state index contributed by atoms with van der Waals surface area (Å²) in [5.41, 5.74) is 2.31. The summed E-state index contributed by atoms with van der Waals surface area (Å²) < 4.78 is 44.2. The monoisotopic (exact) mass is 644 g/mol. The molecule has 1 aliphatic rings. The number of piperidine rings is 1. The predicted molar refractivity (Wildman–Crippen MR) is 174 cm³/mol. The first-order valence-corrected chi connectivity index (χ1v) is 13.0. The van der Waals surface area contributed by atoms with E-state index in [2.05, 4.69) is 19.9 Å². The Morgan fingerprint density at radius 1 is 1.09 bits per heavy atom. The van der Waals surface area contributed by atoms with Crippen LogP contribution in [0, 0.1) is 12.7 Å². The number of imidazole rings is 1. The van der Waals surface area contributed by atoms with Gasteiger partial charge >= 0.3 is 6.01 Å². The van der Waals surface area contributed by atoms with Gasteiger partial charge in [0.2, 0.25) is 5.91 Å². The molecule has 1 saturated heterocycles. The van der Waals surface area contributed by atoms with Crippen molar-refractivity contribution >= 4 is 54.8 Å². The van der Waals surface area contributed by atoms with Crippen LogP contribution in [0.3, 0.4) is 0 Å². The number of alkyl halides is 1. The molecule has 2 aromatic carbocycles. The summed E-state index contributed by atoms with van der Waals surface area (Å²) in [5, 5.41) is 9.80. The van der Waals surface area contributed by atoms with Crippen molar-refractivity contribution in [1.82, 2.24) is 29.4 Å². The molecule has 6 rings (SSSR count). The zero-order valence-electron chi connectivity index (χ0n) is 23.3. The average molecular weight is 645 g/mol. The molecule has 2 atom stereocenters. The molecule has 0 radical (unpaired) electrons. The first kappa shape index (κ1) is 34.5. The number of aryl methyl sites for hydroxylation is 1. The summed E-state index contributed by atoms with van der Waals surface area (Å²) in [5.74, 6) is 0.346. The lowest BCUT2D eigenvalue weighted by Crippen LogP contribution is -2.46. The minimum atomic E-state index is -1.39. The van der Waals surface area contributed by atoms with Gasteiger partial charge in [0.15, 0.2) is 0 Å². The fourth-order valence-corrected chi connectivity index (χ4v) is 5.44. The predicted octanol–water partition coefficient (Wildman–Crippen LogP) is 5.26. The molecule has 1 amide bonds. The Kier molecular flexibility index (Phi) is 11.1. The molecular formula is C30H34F2N6O4S2. The topological polar surface area (TPSA) is 115 Å². The number of aliphatic hydroxyl groups excluding tert-OH is 1. The van der Waals surface area contributed by atoms with Crippen LogP contribution >= 0.6 is 27.0 Å². The summed E-state index contributed by atoms with van der Waals surface area (Å²) in [7, 11) is 1.48. The number of benzene rings is 2. The number of carbonyl (C=O) groups excluding carboxylic acids is 1. The number of methoxy groups -OCH3 is 1. The van der Waals surface area contributed by atoms with E-state index in [0.717, 1.165) is 0 Å². The number of ether oxygens (including phenoxy) is 2. The molecule has 0 aliphatic carbocycles. The van der Waals surface area contributed by atoms with Crippen molar-refractivity contribution in [1.29, 1.82) is 0 Å². The van der Waals surface area contributed by atoms with E-state index >= 15 is 8.78 Å². The van der Waals surface area contributed by atoms with E-state index in [9.17, 15) is 9.90 Å². The second-order valence-electron chi connectivity index (χ2n) is 9.74. The maximum Gasteiger partial charge on any atom is 0.321 e. The Balaban J connectivity index is 0.00000176. The third-order valence-corrected chi connectivity index (χ3v) is 7.32. The van der Waals surface area contributed by atoms with Crippen molar-refractivity contribution in [3.8, 4) is 28.6 Å². The molecule has 0 unspecified atom stereocenters. The van der Waals surface area contributed by atoms with Crippen LogP contribution in [0.2, 0.25) is 0 Å². The molecule has 3 aromatic heterocycles. The molecule has 1 N–H and O–H groups in total. The Morgan fingerprint density at radius 3 is 2.52 bits per heavy atom. The van der Waals surface area contributed by atoms with Gasteiger partial charge in [-0.3, -0.25) is 9.78 Å². The van der Waals surface area contributed by atoms with Gasteiger partial charge in [0.05, 0.1) is 36.9 Å². The van der Waals surface area contributed by atoms with Crippen LogP contribution in [-0.2, 0) is 4.79 Å². The molecule has 10 nitrogen and oxygen atoms in total. The van der Waals surface area contributed by atoms with Crippen molar-refractivity contribution in [2.24, 2.45) is 0 Å². The van der Waals surface area contributed by atoms with Crippen LogP contribution in [0.5, 0.6) is 17.5 Å². The van der Waals surface area contributed by atoms with Gasteiger partial charge in [-0.15, -0.1) is 0 Å². The van der Waals surface area contributed by atoms with Gasteiger partial charge in [0, 0.05) is 47.6 Å². The molecule has 1 aliphatic heterocycles. The van der Waals surface area contributed by atoms with Crippen LogP contribution in [0.4, 0.5) is 8.78 Å². The number of fused-ring (bicyclic) bond motifs is 3. The number of likely N-dealkylation sites (tertiary alicyclic amines) is 1. The Hall–Kier alpha value is -4.01. The van der Waals surface area contributed by atoms with E-state index in [1.165, 1.54) is 18.1 Å². The molecule has 14 heteroatoms. The maximum absolute atomic E-state index is 15.6. The van der Waals surface area contributed by atoms with E-state index in [-0.39, 0.29) is 52.5 Å². The smallest absolute Gasteiger partial charge is 0.321 e. The van der Waals surface area contributed by atoms with E-state index in [0.29, 0.717) is 57.8 Å². The largest absolute Gasteiger partial charge is 0.496 e. The van der Waals surface area contributed by atoms with Crippen molar-refractivity contribution in [2.45, 2.75) is 33.0 Å². The number of aromatic nitrogens is 5. The number of carbonyl (C=O) groups is 1. The van der Waals surface area contributed by atoms with E-state index < -0.39 is 30.5 Å². The van der Waals surface area contributed by atoms with E-state index in [4.69, 9.17) is 9.47 Å². The molecular weight excluding hydrogens is 610 g/mol. The van der Waals surface area contributed by atoms with Crippen LogP contribution in [0.1, 0.15) is 25.7 Å². The highest BCUT2D eigenvalue weighted by atomic mass is 32.1. The van der Waals surface area contributed by atoms with Crippen LogP contribution in [0.25, 0.3) is 33.1 Å². The second kappa shape index (κ2) is 14.2. The molecule has 234 valence electrons. The van der Waals surface area contributed by atoms with E-state index in [1.54, 1.807) is 55.8 Å². The minimum absolute atomic E-state index is 0. The van der Waals surface area contributed by atoms with Crippen molar-refractivity contribution in [2.75, 3.05) is 26.8 Å². The lowest BCUT2D eigenvalue weighted by molar-refractivity contribution is -0.137. The van der Waals surface area contributed by atoms with Gasteiger partial charge in [-0.1, -0.05) is 7.43 Å². The number of rotatable bonds is 6. The van der Waals surface area contributed by atoms with Crippen LogP contribution in [0.15, 0.2) is 55.0 Å². The quantitative estimate of drug-likeness (QED) is 0.267. The first-order chi connectivity index (χ1) is 19.9. The fourth-order valence-electron chi connectivity index (χ4n) is 5.44. The Morgan fingerprint density at radius 2 is 1.84 bits per heavy atom. The summed E-state index contributed by atoms with van der Waals surface area (Å²) in [6, 6.07) is 9.22. The zero-order chi connectivity index (χ0) is 28.7. The highest BCUT2D eigenvalue weighted by molar-refractivity contribution is 7.59. The van der Waals surface area contributed by atoms with Gasteiger partial charge in [-0.05, 0) is 37.6 Å². The van der Waals surface area contributed by atoms with Gasteiger partial charge in [0.1, 0.15) is 41.4 Å². The number of hydrogen-bond acceptors (Lipinski definition) is 8. The number of nitrogens with zero attached hydrogens (tertiary/aromatic N) is 6. The van der Waals surface area contributed by atoms with Gasteiger partial charge in [-0.25, -0.2) is 23.7 Å². The molecule has 1 fully saturated rings. The maximum atomic E-state index is 15.6. The SMILES string of the molecule is C.COc1cc(Oc2ncccn2)ccc1-c1cc2c(cc1F)ncc1nc(C)n([C@H]3CCN(C(=O)CO)C[C@@H]3F)c12.S.S. The highest BCUT2D eigenvalue weighted by Gasteiger charge is 2.34. The van der Waals surface area contributed by atoms with Crippen LogP contribution in [-0.4, -0.2) is 73.4 Å². The van der Waals surface area contributed by atoms with Gasteiger partial charge in [0.25, 0.3) is 0 Å². The molecule has 44 heavy (non-hydrogen) atoms. The molecule has 0 saturated carbocycles. The molecule has 5 aromatic rings. The highest BCUT2D eigenvalue weighted by Crippen LogP contribution is 2.39. The first-order valence-electron chi connectivity index (χ1n) is 13.0. The van der Waals surface area contributed by atoms with Crippen LogP contribution < -0.4 is 9.47 Å². The van der Waals surface area contributed by atoms with Crippen molar-refractivity contribution < 1.29 is 28.2 Å². The fraction of sp³-hybridized carbons (Fsp3) is 0.300. The standard InChI is InChI=1S/C29H26F2N6O4.CH4.2H2S/c1-16-35-24-13-34-23-12-21(30)19(18-5-4-17(10-26(18)40-2)41-29-32-7-3-8-33-29)11-20(23)28(24)37(16)25-6-9-36(14-22(25)31)27(39)15-38;;;/h3-5,7-8,10-13,22,25,38H,6,9,14-15H2,1-2H3;1H4;2*1H2/t22-,25-;;;/m0.../s1. The number of pyridine rings is 1. The number of hydrogen-bond donors (Lipinski definition) is 1. The third-order valence-electron chi connectivity index (χ3n) is 7.32. The van der Waals surface area contributed by atoms with Crippen molar-refractivity contribution in [3.63, 3.8) is 0 Å². The Labute approximate surface area is 267 Å². The summed E-state index contributed by atoms with van der Waals surface area (Å²) >= 11 is 0. The summed E-state index contributed by atoms with van der Waals surface area (Å²) in [6.07, 6.45) is 3.61. The number of aliphatic hydroxyl groups is 1. The molecule has 0 spiro atoms. The third kappa shape index (κ3) is 6.28. The summed E-state index contributed by atoms with van der Waals surface area (Å²) in [6.45, 7) is 1.29. The lowest BCUT2D eigenvalue weighted by atomic mass is 9.99. The molecule has 4 heterocycles. The number of amides is 1. The van der Waals surface area contributed by atoms with Crippen molar-refractivity contribution in [3.05, 3.63) is 66.6 Å². The molecule has 0 bridgehead atoms. The van der Waals surface area contributed by atoms with E-state index in [1.807, 2.05) is 4.57 Å². The number of halogens is 2. The zero-order valence-corrected chi connectivity index (χ0v) is 25.3. The van der Waals surface area contributed by atoms with Gasteiger partial charge in [-0.2, -0.15) is 27.0 Å². The summed E-state index contributed by atoms with van der Waals surface area (Å²) in [4.78, 5) is 30.4.